The summed E-state index contributed by atoms with van der Waals surface area (Å²) in [5.41, 5.74) is 5.25. The largest absolute Gasteiger partial charge is 0.505 e. The van der Waals surface area contributed by atoms with Crippen LogP contribution >= 0.6 is 0 Å². The predicted octanol–water partition coefficient (Wildman–Crippen LogP) is 3.32. The Kier molecular flexibility index (Phi) is 8.48. The number of nitrogens with zero attached hydrogens (tertiary/aromatic N) is 1. The minimum atomic E-state index is -0.425. The molecule has 176 valence electrons. The molecule has 0 spiro atoms. The topological polar surface area (TPSA) is 135 Å². The number of hydrogen-bond acceptors (Lipinski definition) is 7. The van der Waals surface area contributed by atoms with Gasteiger partial charge in [-0.05, 0) is 49.3 Å². The van der Waals surface area contributed by atoms with Gasteiger partial charge in [0, 0.05) is 30.7 Å². The predicted molar refractivity (Wildman–Crippen MR) is 133 cm³/mol. The SMILES string of the molecule is CCNC(=O)C1C=CC(=N)/C(=N\Nc2cc(CCO)cc(/C=C/C(=O)c3ccccc3)c2O)C1. The van der Waals surface area contributed by atoms with Gasteiger partial charge in [-0.25, -0.2) is 0 Å². The number of phenolic OH excluding ortho intramolecular Hbond substituents is 1. The average molecular weight is 461 g/mol. The second-order valence-corrected chi connectivity index (χ2v) is 7.77. The van der Waals surface area contributed by atoms with Gasteiger partial charge in [0.05, 0.1) is 23.0 Å². The van der Waals surface area contributed by atoms with E-state index < -0.39 is 5.92 Å². The van der Waals surface area contributed by atoms with Crippen LogP contribution in [0, 0.1) is 11.3 Å². The summed E-state index contributed by atoms with van der Waals surface area (Å²) in [4.78, 5) is 24.6. The number of benzene rings is 2. The number of carbonyl (C=O) groups excluding carboxylic acids is 2. The third kappa shape index (κ3) is 6.26. The van der Waals surface area contributed by atoms with E-state index in [0.29, 0.717) is 29.8 Å². The number of allylic oxidation sites excluding steroid dienone is 2. The standard InChI is InChI=1S/C26H28N4O4/c1-2-28-26(34)20-8-10-21(27)22(16-20)29-30-23-15-17(12-13-31)14-19(25(23)33)9-11-24(32)18-6-4-3-5-7-18/h3-11,14-15,20,27,30-31,33H,2,12-13,16H2,1H3,(H,28,34)/b11-9+,27-21?,29-22-. The maximum absolute atomic E-state index is 12.4. The van der Waals surface area contributed by atoms with Crippen LogP contribution in [-0.4, -0.2) is 46.5 Å². The molecule has 0 saturated carbocycles. The molecular formula is C26H28N4O4. The smallest absolute Gasteiger partial charge is 0.227 e. The van der Waals surface area contributed by atoms with Crippen molar-refractivity contribution in [2.24, 2.45) is 11.0 Å². The van der Waals surface area contributed by atoms with E-state index in [9.17, 15) is 19.8 Å². The number of nitrogens with one attached hydrogen (secondary N) is 3. The zero-order valence-corrected chi connectivity index (χ0v) is 18.9. The van der Waals surface area contributed by atoms with Gasteiger partial charge in [-0.3, -0.25) is 20.4 Å². The van der Waals surface area contributed by atoms with E-state index in [1.807, 2.05) is 13.0 Å². The molecule has 1 atom stereocenters. The molecule has 8 nitrogen and oxygen atoms in total. The summed E-state index contributed by atoms with van der Waals surface area (Å²) in [6.07, 6.45) is 6.70. The maximum atomic E-state index is 12.4. The highest BCUT2D eigenvalue weighted by molar-refractivity contribution is 6.46. The van der Waals surface area contributed by atoms with Gasteiger partial charge in [-0.1, -0.05) is 36.4 Å². The number of rotatable bonds is 9. The fourth-order valence-electron chi connectivity index (χ4n) is 3.48. The van der Waals surface area contributed by atoms with Crippen LogP contribution in [0.4, 0.5) is 5.69 Å². The Bertz CT molecular complexity index is 1150. The Morgan fingerprint density at radius 1 is 1.24 bits per heavy atom. The number of aromatic hydroxyl groups is 1. The molecule has 0 bridgehead atoms. The van der Waals surface area contributed by atoms with Crippen molar-refractivity contribution in [3.63, 3.8) is 0 Å². The Morgan fingerprint density at radius 3 is 2.71 bits per heavy atom. The average Bonchev–Trinajstić information content (AvgIpc) is 2.84. The monoisotopic (exact) mass is 460 g/mol. The first kappa shape index (κ1) is 24.6. The number of aliphatic hydroxyl groups is 1. The molecule has 1 aliphatic carbocycles. The van der Waals surface area contributed by atoms with Crippen molar-refractivity contribution >= 4 is 34.9 Å². The summed E-state index contributed by atoms with van der Waals surface area (Å²) >= 11 is 0. The van der Waals surface area contributed by atoms with Crippen molar-refractivity contribution in [3.8, 4) is 5.75 Å². The fourth-order valence-corrected chi connectivity index (χ4v) is 3.48. The van der Waals surface area contributed by atoms with Crippen molar-refractivity contribution in [1.82, 2.24) is 5.32 Å². The molecule has 1 aliphatic rings. The van der Waals surface area contributed by atoms with Gasteiger partial charge in [0.1, 0.15) is 5.75 Å². The second kappa shape index (κ2) is 11.7. The molecule has 1 unspecified atom stereocenters. The zero-order chi connectivity index (χ0) is 24.5. The number of anilines is 1. The van der Waals surface area contributed by atoms with Crippen molar-refractivity contribution in [1.29, 1.82) is 5.41 Å². The van der Waals surface area contributed by atoms with Crippen molar-refractivity contribution in [2.75, 3.05) is 18.6 Å². The summed E-state index contributed by atoms with van der Waals surface area (Å²) in [6.45, 7) is 2.26. The molecule has 0 radical (unpaired) electrons. The van der Waals surface area contributed by atoms with E-state index >= 15 is 0 Å². The number of ketones is 1. The quantitative estimate of drug-likeness (QED) is 0.169. The number of amides is 1. The number of carbonyl (C=O) groups is 2. The van der Waals surface area contributed by atoms with Crippen LogP contribution in [0.1, 0.15) is 34.8 Å². The second-order valence-electron chi connectivity index (χ2n) is 7.77. The molecule has 0 aliphatic heterocycles. The number of aliphatic hydroxyl groups excluding tert-OH is 1. The van der Waals surface area contributed by atoms with Crippen LogP contribution in [0.3, 0.4) is 0 Å². The van der Waals surface area contributed by atoms with E-state index in [2.05, 4.69) is 15.8 Å². The van der Waals surface area contributed by atoms with E-state index in [1.54, 1.807) is 42.5 Å². The molecule has 8 heteroatoms. The van der Waals surface area contributed by atoms with Gasteiger partial charge in [0.15, 0.2) is 5.78 Å². The normalized spacial score (nSPS) is 16.7. The molecular weight excluding hydrogens is 432 g/mol. The molecule has 2 aromatic carbocycles. The lowest BCUT2D eigenvalue weighted by Crippen LogP contribution is -2.34. The van der Waals surface area contributed by atoms with E-state index in [4.69, 9.17) is 5.41 Å². The van der Waals surface area contributed by atoms with E-state index in [1.165, 1.54) is 18.2 Å². The van der Waals surface area contributed by atoms with Gasteiger partial charge in [0.2, 0.25) is 5.91 Å². The molecule has 0 aromatic heterocycles. The third-order valence-corrected chi connectivity index (χ3v) is 5.29. The minimum Gasteiger partial charge on any atom is -0.505 e. The molecule has 0 saturated heterocycles. The van der Waals surface area contributed by atoms with Crippen molar-refractivity contribution in [3.05, 3.63) is 77.4 Å². The van der Waals surface area contributed by atoms with Crippen LogP contribution in [0.5, 0.6) is 5.75 Å². The lowest BCUT2D eigenvalue weighted by atomic mass is 9.92. The Balaban J connectivity index is 1.85. The minimum absolute atomic E-state index is 0.0888. The molecule has 3 rings (SSSR count). The summed E-state index contributed by atoms with van der Waals surface area (Å²) in [5.74, 6) is -0.892. The Hall–Kier alpha value is -4.04. The lowest BCUT2D eigenvalue weighted by Gasteiger charge is -2.18. The fraction of sp³-hybridized carbons (Fsp3) is 0.231. The summed E-state index contributed by atoms with van der Waals surface area (Å²) < 4.78 is 0. The first-order valence-electron chi connectivity index (χ1n) is 11.0. The first-order valence-corrected chi connectivity index (χ1v) is 11.0. The molecule has 0 fully saturated rings. The number of hydrazone groups is 1. The van der Waals surface area contributed by atoms with Crippen molar-refractivity contribution in [2.45, 2.75) is 19.8 Å². The van der Waals surface area contributed by atoms with E-state index in [0.717, 1.165) is 5.56 Å². The molecule has 1 amide bonds. The van der Waals surface area contributed by atoms with Crippen LogP contribution < -0.4 is 10.7 Å². The number of phenols is 1. The third-order valence-electron chi connectivity index (χ3n) is 5.29. The van der Waals surface area contributed by atoms with Gasteiger partial charge >= 0.3 is 0 Å². The van der Waals surface area contributed by atoms with Gasteiger partial charge in [-0.15, -0.1) is 0 Å². The van der Waals surface area contributed by atoms with E-state index in [-0.39, 0.29) is 41.9 Å². The van der Waals surface area contributed by atoms with Crippen LogP contribution in [-0.2, 0) is 11.2 Å². The molecule has 5 N–H and O–H groups in total. The van der Waals surface area contributed by atoms with Crippen LogP contribution in [0.2, 0.25) is 0 Å². The van der Waals surface area contributed by atoms with Gasteiger partial charge < -0.3 is 15.5 Å². The summed E-state index contributed by atoms with van der Waals surface area (Å²) in [6, 6.07) is 12.1. The Labute approximate surface area is 198 Å². The van der Waals surface area contributed by atoms with Crippen LogP contribution in [0.25, 0.3) is 6.08 Å². The highest BCUT2D eigenvalue weighted by Crippen LogP contribution is 2.31. The van der Waals surface area contributed by atoms with Crippen molar-refractivity contribution < 1.29 is 19.8 Å². The highest BCUT2D eigenvalue weighted by atomic mass is 16.3. The number of hydrogen-bond donors (Lipinski definition) is 5. The van der Waals surface area contributed by atoms with Crippen LogP contribution in [0.15, 0.2) is 65.8 Å². The first-order chi connectivity index (χ1) is 16.4. The zero-order valence-electron chi connectivity index (χ0n) is 18.9. The summed E-state index contributed by atoms with van der Waals surface area (Å²) in [7, 11) is 0. The molecule has 2 aromatic rings. The van der Waals surface area contributed by atoms with Gasteiger partial charge in [0.25, 0.3) is 0 Å². The lowest BCUT2D eigenvalue weighted by molar-refractivity contribution is -0.123. The van der Waals surface area contributed by atoms with Gasteiger partial charge in [-0.2, -0.15) is 5.10 Å². The maximum Gasteiger partial charge on any atom is 0.227 e. The summed E-state index contributed by atoms with van der Waals surface area (Å²) in [5, 5.41) is 35.3. The molecule has 34 heavy (non-hydrogen) atoms. The molecule has 0 heterocycles. The highest BCUT2D eigenvalue weighted by Gasteiger charge is 2.23. The Morgan fingerprint density at radius 2 is 2.00 bits per heavy atom.